The largest absolute Gasteiger partial charge is 0.350 e. The first kappa shape index (κ1) is 25.5. The van der Waals surface area contributed by atoms with E-state index >= 15 is 0 Å². The molecule has 2 N–H and O–H groups in total. The summed E-state index contributed by atoms with van der Waals surface area (Å²) in [5.41, 5.74) is 5.10. The fourth-order valence-corrected chi connectivity index (χ4v) is 4.09. The van der Waals surface area contributed by atoms with Crippen molar-refractivity contribution in [3.63, 3.8) is 0 Å². The predicted molar refractivity (Wildman–Crippen MR) is 141 cm³/mol. The highest BCUT2D eigenvalue weighted by atomic mass is 35.5. The summed E-state index contributed by atoms with van der Waals surface area (Å²) in [4.78, 5) is 13.0. The van der Waals surface area contributed by atoms with E-state index in [-0.39, 0.29) is 17.9 Å². The summed E-state index contributed by atoms with van der Waals surface area (Å²) in [6, 6.07) is 23.5. The van der Waals surface area contributed by atoms with E-state index in [9.17, 15) is 4.79 Å². The molecule has 0 spiro atoms. The fraction of sp³-hybridized carbons (Fsp3) is 0.214. The molecule has 0 aliphatic rings. The molecule has 0 bridgehead atoms. The van der Waals surface area contributed by atoms with Crippen LogP contribution < -0.4 is 5.32 Å². The SMILES string of the molecule is CC.C[C@H](NC(=O)C[C@H](c1ccc(-c2cn[nH]c2)cc1)c1ccc(Cl)c(Cl)c1)c1ccccc1. The highest BCUT2D eigenvalue weighted by Crippen LogP contribution is 2.33. The van der Waals surface area contributed by atoms with Gasteiger partial charge >= 0.3 is 0 Å². The van der Waals surface area contributed by atoms with Gasteiger partial charge in [0, 0.05) is 24.1 Å². The Balaban J connectivity index is 0.00000158. The molecule has 0 radical (unpaired) electrons. The van der Waals surface area contributed by atoms with Crippen molar-refractivity contribution in [1.82, 2.24) is 15.5 Å². The van der Waals surface area contributed by atoms with Crippen molar-refractivity contribution in [2.24, 2.45) is 0 Å². The lowest BCUT2D eigenvalue weighted by molar-refractivity contribution is -0.121. The van der Waals surface area contributed by atoms with Crippen molar-refractivity contribution in [3.8, 4) is 11.1 Å². The van der Waals surface area contributed by atoms with Gasteiger partial charge in [-0.3, -0.25) is 9.89 Å². The van der Waals surface area contributed by atoms with Crippen LogP contribution in [-0.4, -0.2) is 16.1 Å². The maximum Gasteiger partial charge on any atom is 0.221 e. The fourth-order valence-electron chi connectivity index (χ4n) is 3.78. The van der Waals surface area contributed by atoms with Crippen molar-refractivity contribution in [2.45, 2.75) is 39.2 Å². The average molecular weight is 494 g/mol. The van der Waals surface area contributed by atoms with E-state index in [0.717, 1.165) is 27.8 Å². The molecule has 34 heavy (non-hydrogen) atoms. The molecule has 0 aliphatic carbocycles. The highest BCUT2D eigenvalue weighted by molar-refractivity contribution is 6.42. The second-order valence-corrected chi connectivity index (χ2v) is 8.55. The molecular formula is C28H29Cl2N3O. The summed E-state index contributed by atoms with van der Waals surface area (Å²) in [7, 11) is 0. The van der Waals surface area contributed by atoms with Gasteiger partial charge in [-0.05, 0) is 41.3 Å². The van der Waals surface area contributed by atoms with Crippen LogP contribution in [-0.2, 0) is 4.79 Å². The van der Waals surface area contributed by atoms with E-state index in [2.05, 4.69) is 15.5 Å². The molecule has 4 aromatic rings. The third-order valence-corrected chi connectivity index (χ3v) is 6.30. The Morgan fingerprint density at radius 2 is 1.56 bits per heavy atom. The molecule has 0 unspecified atom stereocenters. The number of H-pyrrole nitrogens is 1. The minimum atomic E-state index is -0.161. The first-order valence-corrected chi connectivity index (χ1v) is 12.1. The Kier molecular flexibility index (Phi) is 9.32. The molecule has 2 atom stereocenters. The van der Waals surface area contributed by atoms with Gasteiger partial charge in [0.2, 0.25) is 5.91 Å². The first-order valence-electron chi connectivity index (χ1n) is 11.4. The van der Waals surface area contributed by atoms with E-state index in [0.29, 0.717) is 16.5 Å². The standard InChI is InChI=1S/C26H23Cl2N3O.C2H6/c1-17(18-5-3-2-4-6-18)31-26(32)14-23(21-11-12-24(27)25(28)13-21)20-9-7-19(8-10-20)22-15-29-30-16-22;1-2/h2-13,15-17,23H,14H2,1H3,(H,29,30)(H,31,32);1-2H3/t17-,23+;/m0./s1. The van der Waals surface area contributed by atoms with Crippen LogP contribution in [0, 0.1) is 0 Å². The van der Waals surface area contributed by atoms with Gasteiger partial charge < -0.3 is 5.32 Å². The van der Waals surface area contributed by atoms with E-state index in [1.54, 1.807) is 12.3 Å². The molecule has 0 fully saturated rings. The number of carbonyl (C=O) groups is 1. The summed E-state index contributed by atoms with van der Waals surface area (Å²) in [6.45, 7) is 5.99. The van der Waals surface area contributed by atoms with Gasteiger partial charge in [-0.2, -0.15) is 5.10 Å². The van der Waals surface area contributed by atoms with Gasteiger partial charge in [0.15, 0.2) is 0 Å². The molecule has 0 saturated heterocycles. The number of aromatic nitrogens is 2. The lowest BCUT2D eigenvalue weighted by atomic mass is 9.87. The van der Waals surface area contributed by atoms with E-state index < -0.39 is 0 Å². The number of halogens is 2. The number of benzene rings is 3. The summed E-state index contributed by atoms with van der Waals surface area (Å²) in [5, 5.41) is 10.9. The van der Waals surface area contributed by atoms with Gasteiger partial charge in [0.05, 0.1) is 22.3 Å². The summed E-state index contributed by atoms with van der Waals surface area (Å²) < 4.78 is 0. The Bertz CT molecular complexity index is 1180. The lowest BCUT2D eigenvalue weighted by Crippen LogP contribution is -2.28. The number of hydrogen-bond donors (Lipinski definition) is 2. The molecule has 0 saturated carbocycles. The van der Waals surface area contributed by atoms with Crippen LogP contribution in [0.3, 0.4) is 0 Å². The van der Waals surface area contributed by atoms with Crippen LogP contribution in [0.25, 0.3) is 11.1 Å². The molecule has 4 rings (SSSR count). The zero-order valence-corrected chi connectivity index (χ0v) is 21.1. The molecule has 1 amide bonds. The summed E-state index contributed by atoms with van der Waals surface area (Å²) in [6.07, 6.45) is 3.92. The maximum absolute atomic E-state index is 13.0. The monoisotopic (exact) mass is 493 g/mol. The summed E-state index contributed by atoms with van der Waals surface area (Å²) in [5.74, 6) is -0.192. The molecule has 4 nitrogen and oxygen atoms in total. The third-order valence-electron chi connectivity index (χ3n) is 5.56. The van der Waals surface area contributed by atoms with E-state index in [1.165, 1.54) is 0 Å². The minimum absolute atomic E-state index is 0.0312. The highest BCUT2D eigenvalue weighted by Gasteiger charge is 2.21. The van der Waals surface area contributed by atoms with Crippen LogP contribution in [0.5, 0.6) is 0 Å². The number of nitrogens with one attached hydrogen (secondary N) is 2. The van der Waals surface area contributed by atoms with Crippen molar-refractivity contribution in [2.75, 3.05) is 0 Å². The molecule has 176 valence electrons. The number of nitrogens with zero attached hydrogens (tertiary/aromatic N) is 1. The molecule has 1 heterocycles. The van der Waals surface area contributed by atoms with Crippen LogP contribution in [0.1, 0.15) is 55.8 Å². The second-order valence-electron chi connectivity index (χ2n) is 7.74. The van der Waals surface area contributed by atoms with Gasteiger partial charge in [0.25, 0.3) is 0 Å². The van der Waals surface area contributed by atoms with Gasteiger partial charge in [0.1, 0.15) is 0 Å². The number of amides is 1. The zero-order chi connectivity index (χ0) is 24.5. The van der Waals surface area contributed by atoms with Crippen LogP contribution in [0.4, 0.5) is 0 Å². The smallest absolute Gasteiger partial charge is 0.221 e. The molecule has 6 heteroatoms. The Morgan fingerprint density at radius 1 is 0.882 bits per heavy atom. The minimum Gasteiger partial charge on any atom is -0.350 e. The number of rotatable bonds is 7. The third kappa shape index (κ3) is 6.49. The second kappa shape index (κ2) is 12.4. The van der Waals surface area contributed by atoms with Gasteiger partial charge in [-0.1, -0.05) is 97.7 Å². The van der Waals surface area contributed by atoms with Crippen LogP contribution in [0.15, 0.2) is 85.2 Å². The van der Waals surface area contributed by atoms with Gasteiger partial charge in [-0.15, -0.1) is 0 Å². The average Bonchev–Trinajstić information content (AvgIpc) is 3.41. The molecule has 1 aromatic heterocycles. The number of carbonyl (C=O) groups excluding carboxylic acids is 1. The van der Waals surface area contributed by atoms with E-state index in [1.807, 2.05) is 93.7 Å². The zero-order valence-electron chi connectivity index (χ0n) is 19.6. The van der Waals surface area contributed by atoms with Crippen molar-refractivity contribution in [1.29, 1.82) is 0 Å². The predicted octanol–water partition coefficient (Wildman–Crippen LogP) is 7.81. The maximum atomic E-state index is 13.0. The first-order chi connectivity index (χ1) is 16.5. The molecule has 0 aliphatic heterocycles. The van der Waals surface area contributed by atoms with Crippen molar-refractivity contribution >= 4 is 29.1 Å². The topological polar surface area (TPSA) is 57.8 Å². The summed E-state index contributed by atoms with van der Waals surface area (Å²) >= 11 is 12.4. The van der Waals surface area contributed by atoms with Crippen LogP contribution in [0.2, 0.25) is 10.0 Å². The quantitative estimate of drug-likeness (QED) is 0.275. The van der Waals surface area contributed by atoms with Crippen molar-refractivity contribution in [3.05, 3.63) is 112 Å². The van der Waals surface area contributed by atoms with E-state index in [4.69, 9.17) is 23.2 Å². The molecule has 3 aromatic carbocycles. The molecular weight excluding hydrogens is 465 g/mol. The normalized spacial score (nSPS) is 12.3. The Hall–Kier alpha value is -3.08. The van der Waals surface area contributed by atoms with Crippen molar-refractivity contribution < 1.29 is 4.79 Å². The Labute approximate surface area is 211 Å². The number of hydrogen-bond acceptors (Lipinski definition) is 2. The lowest BCUT2D eigenvalue weighted by Gasteiger charge is -2.21. The number of aromatic amines is 1. The van der Waals surface area contributed by atoms with Crippen LogP contribution >= 0.6 is 23.2 Å². The Morgan fingerprint density at radius 3 is 2.18 bits per heavy atom. The van der Waals surface area contributed by atoms with Gasteiger partial charge in [-0.25, -0.2) is 0 Å².